The fourth-order valence-electron chi connectivity index (χ4n) is 2.56. The lowest BCUT2D eigenvalue weighted by Crippen LogP contribution is -2.23. The molecule has 116 valence electrons. The third-order valence-corrected chi connectivity index (χ3v) is 3.79. The molecule has 0 bridgehead atoms. The van der Waals surface area contributed by atoms with Crippen LogP contribution in [0.5, 0.6) is 0 Å². The Morgan fingerprint density at radius 3 is 2.32 bits per heavy atom. The van der Waals surface area contributed by atoms with E-state index in [0.29, 0.717) is 12.1 Å². The highest BCUT2D eigenvalue weighted by Gasteiger charge is 2.14. The van der Waals surface area contributed by atoms with Crippen molar-refractivity contribution in [3.05, 3.63) is 58.4 Å². The van der Waals surface area contributed by atoms with Gasteiger partial charge >= 0.3 is 5.97 Å². The number of amides is 1. The van der Waals surface area contributed by atoms with Gasteiger partial charge in [0.15, 0.2) is 0 Å². The summed E-state index contributed by atoms with van der Waals surface area (Å²) in [5, 5.41) is 11.7. The molecule has 0 spiro atoms. The number of carboxylic acid groups (broad SMARTS) is 1. The average molecular weight is 300 g/mol. The Morgan fingerprint density at radius 2 is 1.82 bits per heavy atom. The van der Waals surface area contributed by atoms with Crippen LogP contribution >= 0.6 is 0 Å². The van der Waals surface area contributed by atoms with Crippen LogP contribution in [0.15, 0.2) is 30.3 Å². The predicted molar refractivity (Wildman–Crippen MR) is 84.2 cm³/mol. The summed E-state index contributed by atoms with van der Waals surface area (Å²) in [6.45, 7) is 7.17. The Morgan fingerprint density at radius 1 is 1.18 bits per heavy atom. The number of carbonyl (C=O) groups is 2. The molecule has 1 amide bonds. The van der Waals surface area contributed by atoms with Crippen LogP contribution in [-0.4, -0.2) is 21.6 Å². The summed E-state index contributed by atoms with van der Waals surface area (Å²) in [6.07, 6.45) is 0. The number of carbonyl (C=O) groups excluding carboxylic acids is 1. The van der Waals surface area contributed by atoms with Gasteiger partial charge in [-0.25, -0.2) is 4.79 Å². The maximum absolute atomic E-state index is 12.3. The maximum atomic E-state index is 12.3. The first-order valence-electron chi connectivity index (χ1n) is 7.21. The van der Waals surface area contributed by atoms with Crippen LogP contribution in [0, 0.1) is 13.8 Å². The van der Waals surface area contributed by atoms with Crippen LogP contribution < -0.4 is 5.32 Å². The van der Waals surface area contributed by atoms with Gasteiger partial charge in [-0.15, -0.1) is 0 Å². The summed E-state index contributed by atoms with van der Waals surface area (Å²) >= 11 is 0. The second kappa shape index (κ2) is 6.47. The lowest BCUT2D eigenvalue weighted by atomic mass is 10.1. The molecule has 2 N–H and O–H groups in total. The van der Waals surface area contributed by atoms with Crippen molar-refractivity contribution in [1.29, 1.82) is 0 Å². The average Bonchev–Trinajstić information content (AvgIpc) is 2.79. The molecule has 2 rings (SSSR count). The van der Waals surface area contributed by atoms with Gasteiger partial charge < -0.3 is 15.0 Å². The number of nitrogens with one attached hydrogen (secondary N) is 1. The summed E-state index contributed by atoms with van der Waals surface area (Å²) in [6, 6.07) is 8.37. The molecule has 0 saturated heterocycles. The Bertz CT molecular complexity index is 699. The number of nitrogens with zero attached hydrogens (tertiary/aromatic N) is 1. The van der Waals surface area contributed by atoms with Crippen LogP contribution in [0.3, 0.4) is 0 Å². The zero-order chi connectivity index (χ0) is 16.3. The Labute approximate surface area is 129 Å². The summed E-state index contributed by atoms with van der Waals surface area (Å²) < 4.78 is 2.09. The first kappa shape index (κ1) is 15.8. The minimum atomic E-state index is -0.956. The molecule has 1 aromatic heterocycles. The molecule has 0 radical (unpaired) electrons. The molecule has 0 atom stereocenters. The minimum Gasteiger partial charge on any atom is -0.478 e. The summed E-state index contributed by atoms with van der Waals surface area (Å²) in [5.41, 5.74) is 3.81. The van der Waals surface area contributed by atoms with E-state index >= 15 is 0 Å². The third-order valence-electron chi connectivity index (χ3n) is 3.79. The summed E-state index contributed by atoms with van der Waals surface area (Å²) in [7, 11) is 0. The predicted octanol–water partition coefficient (Wildman–Crippen LogP) is 2.75. The number of aryl methyl sites for hydroxylation is 1. The van der Waals surface area contributed by atoms with Gasteiger partial charge in [-0.1, -0.05) is 12.1 Å². The van der Waals surface area contributed by atoms with E-state index in [2.05, 4.69) is 9.88 Å². The van der Waals surface area contributed by atoms with Crippen molar-refractivity contribution in [2.45, 2.75) is 33.9 Å². The molecular weight excluding hydrogens is 280 g/mol. The third kappa shape index (κ3) is 3.19. The molecule has 2 aromatic rings. The monoisotopic (exact) mass is 300 g/mol. The molecule has 22 heavy (non-hydrogen) atoms. The van der Waals surface area contributed by atoms with Gasteiger partial charge in [-0.05, 0) is 44.5 Å². The highest BCUT2D eigenvalue weighted by atomic mass is 16.4. The molecule has 0 saturated carbocycles. The number of aromatic nitrogens is 1. The Balaban J connectivity index is 2.05. The van der Waals surface area contributed by atoms with Crippen LogP contribution in [0.25, 0.3) is 0 Å². The first-order chi connectivity index (χ1) is 10.4. The fraction of sp³-hybridized carbons (Fsp3) is 0.294. The fourth-order valence-corrected chi connectivity index (χ4v) is 2.56. The number of aromatic carboxylic acids is 1. The normalized spacial score (nSPS) is 10.5. The number of hydrogen-bond acceptors (Lipinski definition) is 2. The number of carboxylic acids is 1. The minimum absolute atomic E-state index is 0.116. The zero-order valence-electron chi connectivity index (χ0n) is 13.0. The quantitative estimate of drug-likeness (QED) is 0.892. The van der Waals surface area contributed by atoms with E-state index in [-0.39, 0.29) is 11.5 Å². The molecule has 5 nitrogen and oxygen atoms in total. The number of hydrogen-bond donors (Lipinski definition) is 2. The van der Waals surface area contributed by atoms with Gasteiger partial charge in [0.05, 0.1) is 11.1 Å². The number of benzene rings is 1. The van der Waals surface area contributed by atoms with Gasteiger partial charge in [0.2, 0.25) is 0 Å². The SMILES string of the molecule is CCn1c(C)cc(C(=O)NCc2ccc(C(=O)O)cc2)c1C. The van der Waals surface area contributed by atoms with Gasteiger partial charge in [0.1, 0.15) is 0 Å². The van der Waals surface area contributed by atoms with Gasteiger partial charge in [0, 0.05) is 24.5 Å². The summed E-state index contributed by atoms with van der Waals surface area (Å²) in [4.78, 5) is 23.1. The van der Waals surface area contributed by atoms with E-state index in [1.165, 1.54) is 12.1 Å². The van der Waals surface area contributed by atoms with Crippen LogP contribution in [-0.2, 0) is 13.1 Å². The van der Waals surface area contributed by atoms with Crippen molar-refractivity contribution in [3.8, 4) is 0 Å². The van der Waals surface area contributed by atoms with Crippen LogP contribution in [0.1, 0.15) is 44.6 Å². The smallest absolute Gasteiger partial charge is 0.335 e. The van der Waals surface area contributed by atoms with Gasteiger partial charge in [0.25, 0.3) is 5.91 Å². The molecule has 1 heterocycles. The van der Waals surface area contributed by atoms with Crippen molar-refractivity contribution in [1.82, 2.24) is 9.88 Å². The standard InChI is InChI=1S/C17H20N2O3/c1-4-19-11(2)9-15(12(19)3)16(20)18-10-13-5-7-14(8-6-13)17(21)22/h5-9H,4,10H2,1-3H3,(H,18,20)(H,21,22). The molecule has 0 aliphatic rings. The van der Waals surface area contributed by atoms with Crippen molar-refractivity contribution >= 4 is 11.9 Å². The van der Waals surface area contributed by atoms with Crippen molar-refractivity contribution in [2.24, 2.45) is 0 Å². The Hall–Kier alpha value is -2.56. The van der Waals surface area contributed by atoms with Crippen LogP contribution in [0.4, 0.5) is 0 Å². The van der Waals surface area contributed by atoms with E-state index in [1.54, 1.807) is 12.1 Å². The molecule has 5 heteroatoms. The van der Waals surface area contributed by atoms with Crippen LogP contribution in [0.2, 0.25) is 0 Å². The summed E-state index contributed by atoms with van der Waals surface area (Å²) in [5.74, 6) is -1.07. The molecule has 0 fully saturated rings. The second-order valence-corrected chi connectivity index (χ2v) is 5.21. The lowest BCUT2D eigenvalue weighted by molar-refractivity contribution is 0.0696. The first-order valence-corrected chi connectivity index (χ1v) is 7.21. The highest BCUT2D eigenvalue weighted by molar-refractivity contribution is 5.95. The topological polar surface area (TPSA) is 71.3 Å². The Kier molecular flexibility index (Phi) is 4.65. The van der Waals surface area contributed by atoms with Crippen molar-refractivity contribution in [3.63, 3.8) is 0 Å². The van der Waals surface area contributed by atoms with Crippen molar-refractivity contribution in [2.75, 3.05) is 0 Å². The number of rotatable bonds is 5. The molecule has 1 aromatic carbocycles. The maximum Gasteiger partial charge on any atom is 0.335 e. The van der Waals surface area contributed by atoms with Gasteiger partial charge in [-0.3, -0.25) is 4.79 Å². The molecule has 0 aliphatic heterocycles. The highest BCUT2D eigenvalue weighted by Crippen LogP contribution is 2.15. The van der Waals surface area contributed by atoms with Gasteiger partial charge in [-0.2, -0.15) is 0 Å². The van der Waals surface area contributed by atoms with E-state index < -0.39 is 5.97 Å². The van der Waals surface area contributed by atoms with E-state index in [4.69, 9.17) is 5.11 Å². The second-order valence-electron chi connectivity index (χ2n) is 5.21. The molecule has 0 aliphatic carbocycles. The largest absolute Gasteiger partial charge is 0.478 e. The van der Waals surface area contributed by atoms with E-state index in [9.17, 15) is 9.59 Å². The van der Waals surface area contributed by atoms with Crippen molar-refractivity contribution < 1.29 is 14.7 Å². The van der Waals surface area contributed by atoms with E-state index in [0.717, 1.165) is 23.5 Å². The zero-order valence-corrected chi connectivity index (χ0v) is 13.0. The van der Waals surface area contributed by atoms with E-state index in [1.807, 2.05) is 26.8 Å². The molecule has 0 unspecified atom stereocenters. The molecular formula is C17H20N2O3. The lowest BCUT2D eigenvalue weighted by Gasteiger charge is -2.07.